The molecule has 1 nitrogen and oxygen atoms in total. The number of furan rings is 1. The summed E-state index contributed by atoms with van der Waals surface area (Å²) in [5.41, 5.74) is 1.07. The largest absolute Gasteiger partial charge is 0.469 e. The molecule has 0 aliphatic rings. The molecule has 0 fully saturated rings. The lowest BCUT2D eigenvalue weighted by molar-refractivity contribution is 0.471. The van der Waals surface area contributed by atoms with E-state index < -0.39 is 0 Å². The van der Waals surface area contributed by atoms with Crippen molar-refractivity contribution in [3.63, 3.8) is 0 Å². The van der Waals surface area contributed by atoms with Gasteiger partial charge >= 0.3 is 0 Å². The van der Waals surface area contributed by atoms with Crippen molar-refractivity contribution in [2.75, 3.05) is 0 Å². The number of alkyl halides is 1. The van der Waals surface area contributed by atoms with Gasteiger partial charge in [0.15, 0.2) is 0 Å². The summed E-state index contributed by atoms with van der Waals surface area (Å²) >= 11 is 5.62. The molecule has 0 unspecified atom stereocenters. The van der Waals surface area contributed by atoms with Gasteiger partial charge in [-0.2, -0.15) is 0 Å². The fourth-order valence-corrected chi connectivity index (χ4v) is 1.15. The van der Waals surface area contributed by atoms with Crippen molar-refractivity contribution in [2.45, 2.75) is 26.1 Å². The number of rotatable bonds is 3. The third-order valence-corrected chi connectivity index (χ3v) is 1.78. The Kier molecular flexibility index (Phi) is 3.01. The molecule has 0 radical (unpaired) electrons. The van der Waals surface area contributed by atoms with E-state index in [2.05, 4.69) is 13.8 Å². The summed E-state index contributed by atoms with van der Waals surface area (Å²) in [6.45, 7) is 4.34. The first-order chi connectivity index (χ1) is 5.22. The van der Waals surface area contributed by atoms with Crippen LogP contribution in [-0.2, 0) is 12.3 Å². The van der Waals surface area contributed by atoms with Gasteiger partial charge in [0, 0.05) is 12.0 Å². The summed E-state index contributed by atoms with van der Waals surface area (Å²) in [6.07, 6.45) is 2.72. The highest BCUT2D eigenvalue weighted by Crippen LogP contribution is 2.13. The predicted molar refractivity (Wildman–Crippen MR) is 46.8 cm³/mol. The molecule has 0 aliphatic heterocycles. The summed E-state index contributed by atoms with van der Waals surface area (Å²) in [6, 6.07) is 2.02. The van der Waals surface area contributed by atoms with E-state index in [9.17, 15) is 0 Å². The molecule has 0 atom stereocenters. The first kappa shape index (κ1) is 8.66. The van der Waals surface area contributed by atoms with Crippen LogP contribution >= 0.6 is 11.6 Å². The molecule has 62 valence electrons. The van der Waals surface area contributed by atoms with E-state index in [0.29, 0.717) is 11.8 Å². The van der Waals surface area contributed by atoms with Crippen molar-refractivity contribution in [1.82, 2.24) is 0 Å². The molecule has 1 aromatic rings. The second-order valence-corrected chi connectivity index (χ2v) is 3.42. The molecular formula is C9H13ClO. The van der Waals surface area contributed by atoms with Gasteiger partial charge in [0.05, 0.1) is 12.1 Å². The van der Waals surface area contributed by atoms with Gasteiger partial charge in [-0.05, 0) is 12.0 Å². The van der Waals surface area contributed by atoms with Crippen molar-refractivity contribution in [3.8, 4) is 0 Å². The zero-order chi connectivity index (χ0) is 8.27. The highest BCUT2D eigenvalue weighted by atomic mass is 35.5. The van der Waals surface area contributed by atoms with Crippen LogP contribution in [-0.4, -0.2) is 0 Å². The van der Waals surface area contributed by atoms with E-state index in [0.717, 1.165) is 17.7 Å². The average Bonchev–Trinajstić information content (AvgIpc) is 2.34. The summed E-state index contributed by atoms with van der Waals surface area (Å²) in [5, 5.41) is 0. The zero-order valence-corrected chi connectivity index (χ0v) is 7.69. The van der Waals surface area contributed by atoms with Crippen LogP contribution in [0.3, 0.4) is 0 Å². The third-order valence-electron chi connectivity index (χ3n) is 1.47. The maximum Gasteiger partial charge on any atom is 0.104 e. The van der Waals surface area contributed by atoms with Crippen LogP contribution in [0.2, 0.25) is 0 Å². The zero-order valence-electron chi connectivity index (χ0n) is 6.93. The second kappa shape index (κ2) is 3.82. The summed E-state index contributed by atoms with van der Waals surface area (Å²) in [7, 11) is 0. The first-order valence-corrected chi connectivity index (χ1v) is 4.38. The van der Waals surface area contributed by atoms with Crippen molar-refractivity contribution in [3.05, 3.63) is 23.7 Å². The first-order valence-electron chi connectivity index (χ1n) is 3.84. The van der Waals surface area contributed by atoms with Crippen LogP contribution < -0.4 is 0 Å². The lowest BCUT2D eigenvalue weighted by Crippen LogP contribution is -1.90. The summed E-state index contributed by atoms with van der Waals surface area (Å²) < 4.78 is 5.28. The van der Waals surface area contributed by atoms with Crippen LogP contribution in [0, 0.1) is 5.92 Å². The van der Waals surface area contributed by atoms with Crippen LogP contribution in [0.25, 0.3) is 0 Å². The van der Waals surface area contributed by atoms with E-state index in [1.54, 1.807) is 6.26 Å². The van der Waals surface area contributed by atoms with E-state index in [-0.39, 0.29) is 0 Å². The Morgan fingerprint density at radius 3 is 2.73 bits per heavy atom. The smallest absolute Gasteiger partial charge is 0.104 e. The maximum atomic E-state index is 5.62. The molecule has 0 aliphatic carbocycles. The molecule has 0 spiro atoms. The quantitative estimate of drug-likeness (QED) is 0.639. The minimum absolute atomic E-state index is 0.543. The predicted octanol–water partition coefficient (Wildman–Crippen LogP) is 3.22. The summed E-state index contributed by atoms with van der Waals surface area (Å²) in [5.74, 6) is 2.22. The number of hydrogen-bond acceptors (Lipinski definition) is 1. The van der Waals surface area contributed by atoms with Gasteiger partial charge in [-0.3, -0.25) is 0 Å². The fraction of sp³-hybridized carbons (Fsp3) is 0.556. The van der Waals surface area contributed by atoms with Gasteiger partial charge in [0.2, 0.25) is 0 Å². The van der Waals surface area contributed by atoms with Crippen molar-refractivity contribution >= 4 is 11.6 Å². The van der Waals surface area contributed by atoms with Gasteiger partial charge in [-0.1, -0.05) is 13.8 Å². The second-order valence-electron chi connectivity index (χ2n) is 3.15. The molecule has 2 heteroatoms. The fourth-order valence-electron chi connectivity index (χ4n) is 1.01. The standard InChI is InChI=1S/C9H13ClO/c1-7(2)3-9-4-8(5-10)6-11-9/h4,6-7H,3,5H2,1-2H3. The Morgan fingerprint density at radius 1 is 1.55 bits per heavy atom. The molecule has 11 heavy (non-hydrogen) atoms. The van der Waals surface area contributed by atoms with Gasteiger partial charge in [-0.25, -0.2) is 0 Å². The highest BCUT2D eigenvalue weighted by Gasteiger charge is 2.02. The molecular weight excluding hydrogens is 160 g/mol. The number of hydrogen-bond donors (Lipinski definition) is 0. The topological polar surface area (TPSA) is 13.1 Å². The van der Waals surface area contributed by atoms with E-state index in [1.165, 1.54) is 0 Å². The average molecular weight is 173 g/mol. The lowest BCUT2D eigenvalue weighted by atomic mass is 10.1. The van der Waals surface area contributed by atoms with Gasteiger partial charge < -0.3 is 4.42 Å². The van der Waals surface area contributed by atoms with Crippen LogP contribution in [0.1, 0.15) is 25.2 Å². The minimum atomic E-state index is 0.543. The Labute approximate surface area is 72.4 Å². The Hall–Kier alpha value is -0.430. The summed E-state index contributed by atoms with van der Waals surface area (Å²) in [4.78, 5) is 0. The van der Waals surface area contributed by atoms with Crippen molar-refractivity contribution < 1.29 is 4.42 Å². The minimum Gasteiger partial charge on any atom is -0.469 e. The monoisotopic (exact) mass is 172 g/mol. The van der Waals surface area contributed by atoms with Crippen LogP contribution in [0.4, 0.5) is 0 Å². The molecule has 1 rings (SSSR count). The number of halogens is 1. The van der Waals surface area contributed by atoms with E-state index in [4.69, 9.17) is 16.0 Å². The molecule has 0 bridgehead atoms. The highest BCUT2D eigenvalue weighted by molar-refractivity contribution is 6.17. The van der Waals surface area contributed by atoms with Crippen molar-refractivity contribution in [1.29, 1.82) is 0 Å². The van der Waals surface area contributed by atoms with Gasteiger partial charge in [0.1, 0.15) is 5.76 Å². The molecule has 1 heterocycles. The van der Waals surface area contributed by atoms with E-state index in [1.807, 2.05) is 6.07 Å². The molecule has 0 amide bonds. The molecule has 0 N–H and O–H groups in total. The lowest BCUT2D eigenvalue weighted by Gasteiger charge is -1.98. The third kappa shape index (κ3) is 2.58. The molecule has 0 aromatic carbocycles. The Bertz CT molecular complexity index is 215. The van der Waals surface area contributed by atoms with Gasteiger partial charge in [-0.15, -0.1) is 11.6 Å². The maximum absolute atomic E-state index is 5.62. The normalized spacial score (nSPS) is 10.9. The van der Waals surface area contributed by atoms with Gasteiger partial charge in [0.25, 0.3) is 0 Å². The van der Waals surface area contributed by atoms with Crippen molar-refractivity contribution in [2.24, 2.45) is 5.92 Å². The SMILES string of the molecule is CC(C)Cc1cc(CCl)co1. The molecule has 1 aromatic heterocycles. The Balaban J connectivity index is 2.58. The Morgan fingerprint density at radius 2 is 2.27 bits per heavy atom. The molecule has 0 saturated heterocycles. The molecule has 0 saturated carbocycles. The van der Waals surface area contributed by atoms with Crippen LogP contribution in [0.5, 0.6) is 0 Å². The van der Waals surface area contributed by atoms with E-state index >= 15 is 0 Å². The van der Waals surface area contributed by atoms with Crippen LogP contribution in [0.15, 0.2) is 16.7 Å².